The fourth-order valence-corrected chi connectivity index (χ4v) is 3.08. The lowest BCUT2D eigenvalue weighted by molar-refractivity contribution is 0.0532. The molecule has 0 spiro atoms. The Labute approximate surface area is 161 Å². The third-order valence-corrected chi connectivity index (χ3v) is 4.73. The van der Waals surface area contributed by atoms with Gasteiger partial charge in [0.1, 0.15) is 5.69 Å². The molecule has 0 atom stereocenters. The smallest absolute Gasteiger partial charge is 0.337 e. The van der Waals surface area contributed by atoms with Crippen LogP contribution in [-0.4, -0.2) is 63.9 Å². The fraction of sp³-hybridized carbons (Fsp3) is 0.263. The van der Waals surface area contributed by atoms with Gasteiger partial charge in [0.15, 0.2) is 0 Å². The van der Waals surface area contributed by atoms with Crippen LogP contribution in [0.3, 0.4) is 0 Å². The zero-order valence-corrected chi connectivity index (χ0v) is 15.4. The van der Waals surface area contributed by atoms with Crippen LogP contribution in [0.2, 0.25) is 5.02 Å². The van der Waals surface area contributed by atoms with Crippen molar-refractivity contribution in [2.75, 3.05) is 26.2 Å². The summed E-state index contributed by atoms with van der Waals surface area (Å²) in [6, 6.07) is 9.51. The molecule has 1 aliphatic heterocycles. The lowest BCUT2D eigenvalue weighted by Gasteiger charge is -2.34. The van der Waals surface area contributed by atoms with Crippen molar-refractivity contribution in [1.82, 2.24) is 14.8 Å². The molecule has 8 heteroatoms. The molecule has 1 aromatic heterocycles. The lowest BCUT2D eigenvalue weighted by Crippen LogP contribution is -2.50. The highest BCUT2D eigenvalue weighted by Gasteiger charge is 2.26. The molecular formula is C19H18ClN3O4. The minimum Gasteiger partial charge on any atom is -0.478 e. The van der Waals surface area contributed by atoms with Crippen LogP contribution in [0.5, 0.6) is 0 Å². The third-order valence-electron chi connectivity index (χ3n) is 4.48. The second kappa shape index (κ2) is 7.75. The number of hydrogen-bond donors (Lipinski definition) is 1. The lowest BCUT2D eigenvalue weighted by atomic mass is 10.1. The van der Waals surface area contributed by atoms with E-state index < -0.39 is 5.97 Å². The number of amides is 2. The standard InChI is InChI=1S/C19H18ClN3O4/c1-12-15(19(26)27)6-7-16(21-12)18(25)23-10-8-22(9-11-23)17(24)13-2-4-14(20)5-3-13/h2-7H,8-11H2,1H3,(H,26,27). The topological polar surface area (TPSA) is 90.8 Å². The van der Waals surface area contributed by atoms with Crippen molar-refractivity contribution in [3.8, 4) is 0 Å². The van der Waals surface area contributed by atoms with E-state index >= 15 is 0 Å². The van der Waals surface area contributed by atoms with E-state index in [1.807, 2.05) is 0 Å². The molecule has 1 aliphatic rings. The number of aromatic nitrogens is 1. The number of halogens is 1. The molecule has 3 rings (SSSR count). The van der Waals surface area contributed by atoms with Gasteiger partial charge >= 0.3 is 5.97 Å². The minimum absolute atomic E-state index is 0.0740. The zero-order valence-electron chi connectivity index (χ0n) is 14.7. The maximum atomic E-state index is 12.6. The highest BCUT2D eigenvalue weighted by Crippen LogP contribution is 2.15. The predicted molar refractivity (Wildman–Crippen MR) is 99.2 cm³/mol. The molecule has 0 unspecified atom stereocenters. The number of aromatic carboxylic acids is 1. The molecule has 1 fully saturated rings. The van der Waals surface area contributed by atoms with E-state index in [1.165, 1.54) is 12.1 Å². The Kier molecular flexibility index (Phi) is 5.41. The number of pyridine rings is 1. The first kappa shape index (κ1) is 18.8. The second-order valence-electron chi connectivity index (χ2n) is 6.23. The van der Waals surface area contributed by atoms with Gasteiger partial charge in [-0.2, -0.15) is 0 Å². The number of hydrogen-bond acceptors (Lipinski definition) is 4. The number of carboxylic acids is 1. The van der Waals surface area contributed by atoms with E-state index in [0.717, 1.165) is 0 Å². The molecule has 1 saturated heterocycles. The Morgan fingerprint density at radius 3 is 2.00 bits per heavy atom. The van der Waals surface area contributed by atoms with Gasteiger partial charge in [-0.25, -0.2) is 9.78 Å². The molecular weight excluding hydrogens is 370 g/mol. The van der Waals surface area contributed by atoms with E-state index in [0.29, 0.717) is 42.5 Å². The number of aryl methyl sites for hydroxylation is 1. The van der Waals surface area contributed by atoms with Crippen molar-refractivity contribution in [1.29, 1.82) is 0 Å². The predicted octanol–water partition coefficient (Wildman–Crippen LogP) is 2.34. The number of carboxylic acid groups (broad SMARTS) is 1. The molecule has 27 heavy (non-hydrogen) atoms. The molecule has 1 N–H and O–H groups in total. The number of rotatable bonds is 3. The Bertz CT molecular complexity index is 890. The van der Waals surface area contributed by atoms with Crippen molar-refractivity contribution < 1.29 is 19.5 Å². The summed E-state index contributed by atoms with van der Waals surface area (Å²) < 4.78 is 0. The van der Waals surface area contributed by atoms with Crippen LogP contribution in [0.4, 0.5) is 0 Å². The number of carbonyl (C=O) groups is 3. The number of nitrogens with zero attached hydrogens (tertiary/aromatic N) is 3. The van der Waals surface area contributed by atoms with Crippen LogP contribution in [0.25, 0.3) is 0 Å². The van der Waals surface area contributed by atoms with Gasteiger partial charge in [-0.05, 0) is 43.3 Å². The summed E-state index contributed by atoms with van der Waals surface area (Å²) in [6.07, 6.45) is 0. The zero-order chi connectivity index (χ0) is 19.6. The fourth-order valence-electron chi connectivity index (χ4n) is 2.96. The van der Waals surface area contributed by atoms with Crippen molar-refractivity contribution in [2.45, 2.75) is 6.92 Å². The SMILES string of the molecule is Cc1nc(C(=O)N2CCN(C(=O)c3ccc(Cl)cc3)CC2)ccc1C(=O)O. The number of benzene rings is 1. The highest BCUT2D eigenvalue weighted by atomic mass is 35.5. The molecule has 1 aromatic carbocycles. The monoisotopic (exact) mass is 387 g/mol. The van der Waals surface area contributed by atoms with Gasteiger partial charge in [0, 0.05) is 36.8 Å². The highest BCUT2D eigenvalue weighted by molar-refractivity contribution is 6.30. The van der Waals surface area contributed by atoms with Crippen molar-refractivity contribution in [3.05, 3.63) is 63.9 Å². The summed E-state index contributed by atoms with van der Waals surface area (Å²) in [5.41, 5.74) is 1.13. The molecule has 140 valence electrons. The Morgan fingerprint density at radius 1 is 0.926 bits per heavy atom. The van der Waals surface area contributed by atoms with Gasteiger partial charge in [0.05, 0.1) is 11.3 Å². The summed E-state index contributed by atoms with van der Waals surface area (Å²) in [6.45, 7) is 3.17. The summed E-state index contributed by atoms with van der Waals surface area (Å²) in [5.74, 6) is -1.44. The van der Waals surface area contributed by atoms with E-state index in [4.69, 9.17) is 16.7 Å². The van der Waals surface area contributed by atoms with Crippen LogP contribution in [0.15, 0.2) is 36.4 Å². The first-order valence-electron chi connectivity index (χ1n) is 8.42. The quantitative estimate of drug-likeness (QED) is 0.872. The average molecular weight is 388 g/mol. The minimum atomic E-state index is -1.08. The van der Waals surface area contributed by atoms with Gasteiger partial charge < -0.3 is 14.9 Å². The van der Waals surface area contributed by atoms with Gasteiger partial charge in [-0.15, -0.1) is 0 Å². The Hall–Kier alpha value is -2.93. The van der Waals surface area contributed by atoms with Gasteiger partial charge in [-0.3, -0.25) is 9.59 Å². The van der Waals surface area contributed by atoms with Crippen LogP contribution < -0.4 is 0 Å². The van der Waals surface area contributed by atoms with Crippen LogP contribution in [0, 0.1) is 6.92 Å². The second-order valence-corrected chi connectivity index (χ2v) is 6.66. The number of piperazine rings is 1. The molecule has 7 nitrogen and oxygen atoms in total. The molecule has 2 heterocycles. The largest absolute Gasteiger partial charge is 0.478 e. The van der Waals surface area contributed by atoms with Gasteiger partial charge in [-0.1, -0.05) is 11.6 Å². The summed E-state index contributed by atoms with van der Waals surface area (Å²) in [5, 5.41) is 9.62. The summed E-state index contributed by atoms with van der Waals surface area (Å²) in [7, 11) is 0. The molecule has 2 aromatic rings. The average Bonchev–Trinajstić information content (AvgIpc) is 2.67. The van der Waals surface area contributed by atoms with E-state index in [2.05, 4.69) is 4.98 Å². The molecule has 0 radical (unpaired) electrons. The van der Waals surface area contributed by atoms with E-state index in [9.17, 15) is 14.4 Å². The van der Waals surface area contributed by atoms with Gasteiger partial charge in [0.25, 0.3) is 11.8 Å². The van der Waals surface area contributed by atoms with Gasteiger partial charge in [0.2, 0.25) is 0 Å². The van der Waals surface area contributed by atoms with E-state index in [-0.39, 0.29) is 23.1 Å². The molecule has 0 bridgehead atoms. The molecule has 2 amide bonds. The maximum Gasteiger partial charge on any atom is 0.337 e. The van der Waals surface area contributed by atoms with Crippen LogP contribution in [-0.2, 0) is 0 Å². The summed E-state index contributed by atoms with van der Waals surface area (Å²) >= 11 is 5.84. The molecule has 0 aliphatic carbocycles. The third kappa shape index (κ3) is 4.09. The molecule has 0 saturated carbocycles. The van der Waals surface area contributed by atoms with E-state index in [1.54, 1.807) is 41.0 Å². The maximum absolute atomic E-state index is 12.6. The van der Waals surface area contributed by atoms with Crippen LogP contribution >= 0.6 is 11.6 Å². The van der Waals surface area contributed by atoms with Crippen molar-refractivity contribution >= 4 is 29.4 Å². The first-order chi connectivity index (χ1) is 12.9. The normalized spacial score (nSPS) is 14.1. The number of carbonyl (C=O) groups excluding carboxylic acids is 2. The summed E-state index contributed by atoms with van der Waals surface area (Å²) in [4.78, 5) is 43.6. The Balaban J connectivity index is 1.64. The Morgan fingerprint density at radius 2 is 1.48 bits per heavy atom. The van der Waals surface area contributed by atoms with Crippen molar-refractivity contribution in [2.24, 2.45) is 0 Å². The van der Waals surface area contributed by atoms with Crippen molar-refractivity contribution in [3.63, 3.8) is 0 Å². The van der Waals surface area contributed by atoms with Crippen LogP contribution in [0.1, 0.15) is 36.9 Å². The first-order valence-corrected chi connectivity index (χ1v) is 8.79.